The number of carboxylic acid groups (broad SMARTS) is 4. The van der Waals surface area contributed by atoms with Crippen molar-refractivity contribution in [2.24, 2.45) is 11.8 Å². The van der Waals surface area contributed by atoms with Gasteiger partial charge in [-0.25, -0.2) is 0 Å². The Labute approximate surface area is 291 Å². The van der Waals surface area contributed by atoms with Gasteiger partial charge >= 0.3 is 102 Å². The van der Waals surface area contributed by atoms with Crippen molar-refractivity contribution in [3.8, 4) is 0 Å². The third-order valence-corrected chi connectivity index (χ3v) is 13.1. The van der Waals surface area contributed by atoms with Crippen LogP contribution in [0.15, 0.2) is 84.0 Å². The molecule has 256 valence electrons. The molecule has 0 aliphatic carbocycles. The molecule has 2 aromatic rings. The first-order valence-corrected chi connectivity index (χ1v) is 22.5. The van der Waals surface area contributed by atoms with Crippen LogP contribution < -0.4 is 20.4 Å². The molecule has 0 saturated carbocycles. The molecule has 0 aliphatic heterocycles. The Balaban J connectivity index is 0.000000675. The van der Waals surface area contributed by atoms with E-state index in [1.807, 2.05) is 13.8 Å². The summed E-state index contributed by atoms with van der Waals surface area (Å²) in [5.41, 5.74) is 2.71. The summed E-state index contributed by atoms with van der Waals surface area (Å²) < 4.78 is 2.77. The number of carbonyl (C=O) groups excluding carboxylic acids is 4. The molecular weight excluding hydrogens is 703 g/mol. The maximum atomic E-state index is 10.7. The molecule has 0 aromatic heterocycles. The SMILES string of the molecule is CCCCC(CC)C/C(=C/C(=O)[O-])C(=O)[O-].CCCCC(CC)C/C(=C/C(=O)[O-])C(=O)[O-].c1ccc([CH2][SnH2+4][CH2]c2ccccc2)cc1. The topological polar surface area (TPSA) is 161 Å². The maximum absolute atomic E-state index is 10.7. The Hall–Kier alpha value is -3.40. The Kier molecular flexibility index (Phi) is 25.7. The van der Waals surface area contributed by atoms with Crippen LogP contribution in [0.3, 0.4) is 0 Å². The Morgan fingerprint density at radius 1 is 0.596 bits per heavy atom. The zero-order valence-electron chi connectivity index (χ0n) is 28.5. The summed E-state index contributed by atoms with van der Waals surface area (Å²) in [4.78, 5) is 42.0. The predicted molar refractivity (Wildman–Crippen MR) is 181 cm³/mol. The average Bonchev–Trinajstić information content (AvgIpc) is 3.05. The fourth-order valence-corrected chi connectivity index (χ4v) is 9.72. The minimum absolute atomic E-state index is 0.178. The minimum atomic E-state index is -1.48. The molecule has 0 bridgehead atoms. The molecule has 0 fully saturated rings. The van der Waals surface area contributed by atoms with Crippen molar-refractivity contribution >= 4 is 45.0 Å². The molecule has 2 rings (SSSR count). The van der Waals surface area contributed by atoms with Crippen LogP contribution in [0.5, 0.6) is 0 Å². The van der Waals surface area contributed by atoms with Gasteiger partial charge in [0.2, 0.25) is 0 Å². The predicted octanol–water partition coefficient (Wildman–Crippen LogP) is 2.59. The molecule has 0 N–H and O–H groups in total. The Bertz CT molecular complexity index is 1130. The van der Waals surface area contributed by atoms with Crippen molar-refractivity contribution in [1.29, 1.82) is 0 Å². The van der Waals surface area contributed by atoms with E-state index in [1.54, 1.807) is 0 Å². The second-order valence-corrected chi connectivity index (χ2v) is 16.5. The number of rotatable bonds is 20. The first kappa shape index (κ1) is 43.6. The number of unbranched alkanes of at least 4 members (excludes halogenated alkanes) is 2. The molecule has 0 heterocycles. The molecule has 0 amide bonds. The number of carbonyl (C=O) groups is 4. The Morgan fingerprint density at radius 3 is 1.19 bits per heavy atom. The fraction of sp³-hybridized carbons (Fsp3) is 0.474. The molecular formula is C38H52O8Sn. The Morgan fingerprint density at radius 2 is 0.936 bits per heavy atom. The average molecular weight is 756 g/mol. The van der Waals surface area contributed by atoms with Crippen molar-refractivity contribution in [1.82, 2.24) is 0 Å². The van der Waals surface area contributed by atoms with Crippen LogP contribution in [0.1, 0.15) is 103 Å². The zero-order valence-corrected chi connectivity index (χ0v) is 32.6. The first-order valence-electron chi connectivity index (χ1n) is 16.8. The van der Waals surface area contributed by atoms with E-state index in [9.17, 15) is 39.6 Å². The van der Waals surface area contributed by atoms with E-state index in [2.05, 4.69) is 74.5 Å². The van der Waals surface area contributed by atoms with E-state index in [0.717, 1.165) is 51.4 Å². The number of carboxylic acids is 4. The van der Waals surface area contributed by atoms with Gasteiger partial charge in [-0.15, -0.1) is 0 Å². The van der Waals surface area contributed by atoms with E-state index >= 15 is 0 Å². The summed E-state index contributed by atoms with van der Waals surface area (Å²) in [5.74, 6) is -5.40. The van der Waals surface area contributed by atoms with Crippen molar-refractivity contribution in [3.63, 3.8) is 0 Å². The molecule has 0 aliphatic rings. The van der Waals surface area contributed by atoms with Crippen molar-refractivity contribution in [2.75, 3.05) is 0 Å². The quantitative estimate of drug-likeness (QED) is 0.147. The summed E-state index contributed by atoms with van der Waals surface area (Å²) >= 11 is -0.608. The summed E-state index contributed by atoms with van der Waals surface area (Å²) in [6, 6.07) is 21.8. The number of aliphatic carboxylic acids is 4. The van der Waals surface area contributed by atoms with Gasteiger partial charge in [0.1, 0.15) is 0 Å². The molecule has 2 aromatic carbocycles. The van der Waals surface area contributed by atoms with Crippen molar-refractivity contribution in [2.45, 2.75) is 101 Å². The second kappa shape index (κ2) is 27.7. The second-order valence-electron chi connectivity index (χ2n) is 11.6. The van der Waals surface area contributed by atoms with Gasteiger partial charge in [-0.3, -0.25) is 0 Å². The third kappa shape index (κ3) is 23.6. The molecule has 47 heavy (non-hydrogen) atoms. The van der Waals surface area contributed by atoms with Gasteiger partial charge in [0.25, 0.3) is 0 Å². The fourth-order valence-electron chi connectivity index (χ4n) is 4.98. The van der Waals surface area contributed by atoms with Crippen molar-refractivity contribution in [3.05, 3.63) is 95.1 Å². The normalized spacial score (nSPS) is 12.4. The monoisotopic (exact) mass is 756 g/mol. The van der Waals surface area contributed by atoms with E-state index in [-0.39, 0.29) is 35.8 Å². The van der Waals surface area contributed by atoms with Crippen LogP contribution in [-0.4, -0.2) is 45.0 Å². The van der Waals surface area contributed by atoms with E-state index in [1.165, 1.54) is 20.0 Å². The van der Waals surface area contributed by atoms with Crippen LogP contribution in [-0.2, 0) is 28.1 Å². The molecule has 0 saturated heterocycles. The van der Waals surface area contributed by atoms with Crippen LogP contribution in [0.2, 0.25) is 0 Å². The summed E-state index contributed by atoms with van der Waals surface area (Å²) in [6.07, 6.45) is 9.34. The number of hydrogen-bond acceptors (Lipinski definition) is 8. The van der Waals surface area contributed by atoms with E-state index < -0.39 is 45.0 Å². The van der Waals surface area contributed by atoms with Gasteiger partial charge in [-0.05, 0) is 48.0 Å². The van der Waals surface area contributed by atoms with Crippen LogP contribution in [0, 0.1) is 11.8 Å². The molecule has 9 heteroatoms. The van der Waals surface area contributed by atoms with Crippen LogP contribution in [0.25, 0.3) is 0 Å². The molecule has 2 atom stereocenters. The standard InChI is InChI=1S/2C12H20O4.2C7H7.Sn.2H/c2*1-3-5-6-9(4-2)7-10(12(15)16)8-11(13)14;2*1-7-5-3-2-4-6-7;;;/h2*8-9H,3-7H2,1-2H3,(H,13,14)(H,15,16);2*2-6H,1H2;;;/q;;;;+4;;/p-4/b2*10-8-;;;;;. The molecule has 0 spiro atoms. The van der Waals surface area contributed by atoms with Crippen molar-refractivity contribution < 1.29 is 39.6 Å². The van der Waals surface area contributed by atoms with Gasteiger partial charge in [-0.1, -0.05) is 79.1 Å². The van der Waals surface area contributed by atoms with Crippen LogP contribution >= 0.6 is 0 Å². The molecule has 8 nitrogen and oxygen atoms in total. The third-order valence-electron chi connectivity index (χ3n) is 7.83. The summed E-state index contributed by atoms with van der Waals surface area (Å²) in [6.45, 7) is 8.05. The summed E-state index contributed by atoms with van der Waals surface area (Å²) in [5, 5.41) is 42.0. The zero-order chi connectivity index (χ0) is 35.5. The molecule has 4 radical (unpaired) electrons. The van der Waals surface area contributed by atoms with Gasteiger partial charge in [-0.2, -0.15) is 0 Å². The van der Waals surface area contributed by atoms with Gasteiger partial charge in [0.15, 0.2) is 0 Å². The first-order chi connectivity index (χ1) is 22.5. The van der Waals surface area contributed by atoms with E-state index in [0.29, 0.717) is 12.2 Å². The number of benzene rings is 2. The molecule has 2 unspecified atom stereocenters. The van der Waals surface area contributed by atoms with Gasteiger partial charge in [0, 0.05) is 0 Å². The van der Waals surface area contributed by atoms with Crippen LogP contribution in [0.4, 0.5) is 0 Å². The number of hydrogen-bond donors (Lipinski definition) is 0. The van der Waals surface area contributed by atoms with Gasteiger partial charge in [0.05, 0.1) is 23.9 Å². The summed E-state index contributed by atoms with van der Waals surface area (Å²) in [7, 11) is 0. The van der Waals surface area contributed by atoms with E-state index in [4.69, 9.17) is 0 Å². The van der Waals surface area contributed by atoms with Gasteiger partial charge < -0.3 is 39.6 Å².